The van der Waals surface area contributed by atoms with Crippen molar-refractivity contribution in [2.24, 2.45) is 5.73 Å². The van der Waals surface area contributed by atoms with Gasteiger partial charge in [0.1, 0.15) is 0 Å². The summed E-state index contributed by atoms with van der Waals surface area (Å²) in [4.78, 5) is 2.40. The standard InChI is InChI=1S/C15H21BrN2O2/c16-13-4-2-12(3-5-13)14(10-17)18-7-1-6-15(11-18)19-8-9-20-15/h2-5,14H,1,6-11,17H2. The first-order valence-electron chi connectivity index (χ1n) is 7.20. The van der Waals surface area contributed by atoms with E-state index in [9.17, 15) is 0 Å². The van der Waals surface area contributed by atoms with Gasteiger partial charge in [0.25, 0.3) is 0 Å². The molecule has 2 aliphatic heterocycles. The van der Waals surface area contributed by atoms with Crippen LogP contribution in [0.15, 0.2) is 28.7 Å². The van der Waals surface area contributed by atoms with Gasteiger partial charge in [-0.1, -0.05) is 28.1 Å². The molecule has 0 bridgehead atoms. The van der Waals surface area contributed by atoms with Crippen molar-refractivity contribution in [2.45, 2.75) is 24.7 Å². The molecule has 5 heteroatoms. The third-order valence-corrected chi connectivity index (χ3v) is 4.71. The highest BCUT2D eigenvalue weighted by atomic mass is 79.9. The molecule has 0 amide bonds. The van der Waals surface area contributed by atoms with E-state index in [1.807, 2.05) is 0 Å². The van der Waals surface area contributed by atoms with E-state index < -0.39 is 0 Å². The average molecular weight is 341 g/mol. The molecule has 2 heterocycles. The fourth-order valence-electron chi connectivity index (χ4n) is 3.20. The molecule has 1 unspecified atom stereocenters. The molecule has 3 rings (SSSR count). The van der Waals surface area contributed by atoms with E-state index in [2.05, 4.69) is 45.1 Å². The Labute approximate surface area is 128 Å². The zero-order valence-electron chi connectivity index (χ0n) is 11.6. The number of ether oxygens (including phenoxy) is 2. The van der Waals surface area contributed by atoms with Crippen molar-refractivity contribution in [1.82, 2.24) is 4.90 Å². The second-order valence-electron chi connectivity index (χ2n) is 5.48. The molecule has 2 saturated heterocycles. The summed E-state index contributed by atoms with van der Waals surface area (Å²) < 4.78 is 12.8. The quantitative estimate of drug-likeness (QED) is 0.916. The van der Waals surface area contributed by atoms with Crippen molar-refractivity contribution in [3.63, 3.8) is 0 Å². The number of hydrogen-bond acceptors (Lipinski definition) is 4. The SMILES string of the molecule is NCC(c1ccc(Br)cc1)N1CCCC2(C1)OCCO2. The topological polar surface area (TPSA) is 47.7 Å². The lowest BCUT2D eigenvalue weighted by Gasteiger charge is -2.42. The van der Waals surface area contributed by atoms with Crippen LogP contribution >= 0.6 is 15.9 Å². The Balaban J connectivity index is 1.76. The highest BCUT2D eigenvalue weighted by Crippen LogP contribution is 2.34. The van der Waals surface area contributed by atoms with Crippen molar-refractivity contribution in [2.75, 3.05) is 32.8 Å². The summed E-state index contributed by atoms with van der Waals surface area (Å²) in [6.45, 7) is 3.88. The zero-order valence-corrected chi connectivity index (χ0v) is 13.1. The van der Waals surface area contributed by atoms with E-state index in [0.29, 0.717) is 19.8 Å². The summed E-state index contributed by atoms with van der Waals surface area (Å²) in [5.41, 5.74) is 7.28. The number of likely N-dealkylation sites (tertiary alicyclic amines) is 1. The van der Waals surface area contributed by atoms with Crippen LogP contribution in [0, 0.1) is 0 Å². The number of piperidine rings is 1. The van der Waals surface area contributed by atoms with E-state index in [-0.39, 0.29) is 11.8 Å². The van der Waals surface area contributed by atoms with Crippen molar-refractivity contribution >= 4 is 15.9 Å². The highest BCUT2D eigenvalue weighted by molar-refractivity contribution is 9.10. The molecule has 0 aliphatic carbocycles. The first-order valence-corrected chi connectivity index (χ1v) is 7.99. The monoisotopic (exact) mass is 340 g/mol. The molecule has 4 nitrogen and oxygen atoms in total. The minimum atomic E-state index is -0.388. The number of rotatable bonds is 3. The van der Waals surface area contributed by atoms with Crippen LogP contribution in [-0.2, 0) is 9.47 Å². The third kappa shape index (κ3) is 2.92. The largest absolute Gasteiger partial charge is 0.346 e. The minimum absolute atomic E-state index is 0.230. The molecule has 2 fully saturated rings. The molecule has 2 N–H and O–H groups in total. The Morgan fingerprint density at radius 3 is 2.60 bits per heavy atom. The molecule has 1 atom stereocenters. The molecule has 2 aliphatic rings. The van der Waals surface area contributed by atoms with E-state index in [0.717, 1.165) is 30.4 Å². The van der Waals surface area contributed by atoms with Crippen LogP contribution in [0.25, 0.3) is 0 Å². The van der Waals surface area contributed by atoms with Crippen LogP contribution in [0.2, 0.25) is 0 Å². The Kier molecular flexibility index (Phi) is 4.43. The molecule has 1 spiro atoms. The molecule has 110 valence electrons. The van der Waals surface area contributed by atoms with Crippen LogP contribution in [-0.4, -0.2) is 43.5 Å². The summed E-state index contributed by atoms with van der Waals surface area (Å²) in [5, 5.41) is 0. The highest BCUT2D eigenvalue weighted by Gasteiger charge is 2.42. The minimum Gasteiger partial charge on any atom is -0.346 e. The zero-order chi connectivity index (χ0) is 14.0. The number of nitrogens with zero attached hydrogens (tertiary/aromatic N) is 1. The fourth-order valence-corrected chi connectivity index (χ4v) is 3.46. The fraction of sp³-hybridized carbons (Fsp3) is 0.600. The predicted octanol–water partition coefficient (Wildman–Crippen LogP) is 2.29. The molecule has 1 aromatic carbocycles. The van der Waals surface area contributed by atoms with Gasteiger partial charge in [-0.3, -0.25) is 4.90 Å². The molecule has 0 aromatic heterocycles. The van der Waals surface area contributed by atoms with Crippen molar-refractivity contribution in [3.8, 4) is 0 Å². The van der Waals surface area contributed by atoms with Crippen LogP contribution < -0.4 is 5.73 Å². The van der Waals surface area contributed by atoms with Crippen molar-refractivity contribution in [1.29, 1.82) is 0 Å². The average Bonchev–Trinajstić information content (AvgIpc) is 2.90. The van der Waals surface area contributed by atoms with E-state index in [1.165, 1.54) is 5.56 Å². The maximum Gasteiger partial charge on any atom is 0.181 e. The van der Waals surface area contributed by atoms with Crippen molar-refractivity contribution < 1.29 is 9.47 Å². The van der Waals surface area contributed by atoms with Gasteiger partial charge in [0.05, 0.1) is 19.8 Å². The predicted molar refractivity (Wildman–Crippen MR) is 81.4 cm³/mol. The second kappa shape index (κ2) is 6.12. The molecule has 1 aromatic rings. The van der Waals surface area contributed by atoms with E-state index in [4.69, 9.17) is 15.2 Å². The van der Waals surface area contributed by atoms with E-state index in [1.54, 1.807) is 0 Å². The van der Waals surface area contributed by atoms with Gasteiger partial charge in [0.15, 0.2) is 5.79 Å². The maximum atomic E-state index is 6.03. The number of hydrogen-bond donors (Lipinski definition) is 1. The maximum absolute atomic E-state index is 6.03. The Morgan fingerprint density at radius 1 is 1.25 bits per heavy atom. The van der Waals surface area contributed by atoms with Gasteiger partial charge in [-0.05, 0) is 30.7 Å². The summed E-state index contributed by atoms with van der Waals surface area (Å²) >= 11 is 3.48. The molecular formula is C15H21BrN2O2. The summed E-state index contributed by atoms with van der Waals surface area (Å²) in [7, 11) is 0. The second-order valence-corrected chi connectivity index (χ2v) is 6.40. The molecule has 20 heavy (non-hydrogen) atoms. The van der Waals surface area contributed by atoms with Crippen LogP contribution in [0.1, 0.15) is 24.4 Å². The molecule has 0 radical (unpaired) electrons. The number of benzene rings is 1. The Bertz CT molecular complexity index is 446. The van der Waals surface area contributed by atoms with Gasteiger partial charge in [0.2, 0.25) is 0 Å². The summed E-state index contributed by atoms with van der Waals surface area (Å²) in [6, 6.07) is 8.65. The van der Waals surface area contributed by atoms with Gasteiger partial charge in [-0.25, -0.2) is 0 Å². The Hall–Kier alpha value is -0.460. The lowest BCUT2D eigenvalue weighted by molar-refractivity contribution is -0.193. The first-order chi connectivity index (χ1) is 9.72. The van der Waals surface area contributed by atoms with Gasteiger partial charge < -0.3 is 15.2 Å². The normalized spacial score (nSPS) is 24.1. The van der Waals surface area contributed by atoms with Crippen LogP contribution in [0.5, 0.6) is 0 Å². The van der Waals surface area contributed by atoms with Crippen LogP contribution in [0.4, 0.5) is 0 Å². The number of nitrogens with two attached hydrogens (primary N) is 1. The lowest BCUT2D eigenvalue weighted by Crippen LogP contribution is -2.51. The number of halogens is 1. The van der Waals surface area contributed by atoms with E-state index >= 15 is 0 Å². The summed E-state index contributed by atoms with van der Waals surface area (Å²) in [6.07, 6.45) is 2.08. The smallest absolute Gasteiger partial charge is 0.181 e. The molecule has 0 saturated carbocycles. The molecular weight excluding hydrogens is 320 g/mol. The van der Waals surface area contributed by atoms with Gasteiger partial charge in [-0.2, -0.15) is 0 Å². The lowest BCUT2D eigenvalue weighted by atomic mass is 9.98. The third-order valence-electron chi connectivity index (χ3n) is 4.18. The Morgan fingerprint density at radius 2 is 1.95 bits per heavy atom. The van der Waals surface area contributed by atoms with Crippen LogP contribution in [0.3, 0.4) is 0 Å². The van der Waals surface area contributed by atoms with Gasteiger partial charge >= 0.3 is 0 Å². The van der Waals surface area contributed by atoms with Gasteiger partial charge in [0, 0.05) is 23.5 Å². The first kappa shape index (κ1) is 14.5. The summed E-state index contributed by atoms with van der Waals surface area (Å²) in [5.74, 6) is -0.388. The van der Waals surface area contributed by atoms with Crippen molar-refractivity contribution in [3.05, 3.63) is 34.3 Å². The van der Waals surface area contributed by atoms with Gasteiger partial charge in [-0.15, -0.1) is 0 Å².